The third-order valence-electron chi connectivity index (χ3n) is 8.22. The molecule has 1 aliphatic heterocycles. The van der Waals surface area contributed by atoms with Crippen LogP contribution >= 0.6 is 0 Å². The lowest BCUT2D eigenvalue weighted by Crippen LogP contribution is -2.49. The molecule has 0 aliphatic carbocycles. The number of hydrogen-bond acceptors (Lipinski definition) is 5. The summed E-state index contributed by atoms with van der Waals surface area (Å²) in [7, 11) is -3.70. The van der Waals surface area contributed by atoms with Gasteiger partial charge in [0, 0.05) is 43.9 Å². The van der Waals surface area contributed by atoms with E-state index in [1.165, 1.54) is 16.7 Å². The molecule has 0 spiro atoms. The summed E-state index contributed by atoms with van der Waals surface area (Å²) in [6, 6.07) is 44.2. The molecule has 6 rings (SSSR count). The molecule has 46 heavy (non-hydrogen) atoms. The molecule has 0 unspecified atom stereocenters. The Bertz CT molecular complexity index is 1790. The van der Waals surface area contributed by atoms with Crippen LogP contribution in [0.4, 0.5) is 5.69 Å². The number of carbonyl (C=O) groups is 1. The van der Waals surface area contributed by atoms with Crippen molar-refractivity contribution in [2.75, 3.05) is 38.1 Å². The molecule has 0 radical (unpaired) electrons. The van der Waals surface area contributed by atoms with Gasteiger partial charge in [0.1, 0.15) is 5.75 Å². The predicted molar refractivity (Wildman–Crippen MR) is 182 cm³/mol. The fourth-order valence-corrected chi connectivity index (χ4v) is 7.23. The average Bonchev–Trinajstić information content (AvgIpc) is 3.10. The van der Waals surface area contributed by atoms with Crippen LogP contribution in [0.15, 0.2) is 144 Å². The zero-order valence-electron chi connectivity index (χ0n) is 25.5. The molecule has 0 aromatic heterocycles. The van der Waals surface area contributed by atoms with Gasteiger partial charge in [-0.3, -0.25) is 9.69 Å². The van der Waals surface area contributed by atoms with Gasteiger partial charge in [0.15, 0.2) is 0 Å². The van der Waals surface area contributed by atoms with Gasteiger partial charge < -0.3 is 10.1 Å². The van der Waals surface area contributed by atoms with E-state index in [1.54, 1.807) is 46.8 Å². The van der Waals surface area contributed by atoms with Gasteiger partial charge >= 0.3 is 0 Å². The highest BCUT2D eigenvalue weighted by Gasteiger charge is 2.32. The monoisotopic (exact) mass is 631 g/mol. The van der Waals surface area contributed by atoms with Gasteiger partial charge in [-0.15, -0.1) is 0 Å². The van der Waals surface area contributed by atoms with Crippen molar-refractivity contribution in [2.45, 2.75) is 17.4 Å². The second kappa shape index (κ2) is 14.6. The molecular weight excluding hydrogens is 595 g/mol. The van der Waals surface area contributed by atoms with Gasteiger partial charge in [-0.2, -0.15) is 4.31 Å². The van der Waals surface area contributed by atoms with Crippen molar-refractivity contribution in [3.63, 3.8) is 0 Å². The van der Waals surface area contributed by atoms with E-state index in [2.05, 4.69) is 46.6 Å². The van der Waals surface area contributed by atoms with Crippen molar-refractivity contribution in [2.24, 2.45) is 0 Å². The summed E-state index contributed by atoms with van der Waals surface area (Å²) < 4.78 is 34.6. The molecule has 8 heteroatoms. The lowest BCUT2D eigenvalue weighted by atomic mass is 9.96. The molecule has 1 heterocycles. The summed E-state index contributed by atoms with van der Waals surface area (Å²) in [5, 5.41) is 2.87. The molecule has 1 fully saturated rings. The number of carbonyl (C=O) groups excluding carboxylic acids is 1. The normalized spacial score (nSPS) is 14.2. The maximum atomic E-state index is 13.6. The van der Waals surface area contributed by atoms with Crippen LogP contribution in [0.5, 0.6) is 5.75 Å². The Morgan fingerprint density at radius 1 is 0.696 bits per heavy atom. The zero-order chi connectivity index (χ0) is 31.8. The first-order chi connectivity index (χ1) is 22.5. The number of amides is 1. The number of piperazine rings is 1. The third kappa shape index (κ3) is 7.54. The number of sulfonamides is 1. The van der Waals surface area contributed by atoms with Gasteiger partial charge in [0.25, 0.3) is 5.91 Å². The maximum absolute atomic E-state index is 13.6. The maximum Gasteiger partial charge on any atom is 0.255 e. The smallest absolute Gasteiger partial charge is 0.255 e. The van der Waals surface area contributed by atoms with Crippen LogP contribution in [0.2, 0.25) is 0 Å². The van der Waals surface area contributed by atoms with Crippen LogP contribution in [0.3, 0.4) is 0 Å². The highest BCUT2D eigenvalue weighted by molar-refractivity contribution is 7.89. The summed E-state index contributed by atoms with van der Waals surface area (Å²) in [6.45, 7) is 2.50. The van der Waals surface area contributed by atoms with E-state index in [9.17, 15) is 13.2 Å². The van der Waals surface area contributed by atoms with Crippen LogP contribution in [0, 0.1) is 0 Å². The molecule has 7 nitrogen and oxygen atoms in total. The summed E-state index contributed by atoms with van der Waals surface area (Å²) in [5.74, 6) is 0.315. The molecule has 0 bridgehead atoms. The van der Waals surface area contributed by atoms with Crippen molar-refractivity contribution < 1.29 is 17.9 Å². The molecular formula is C38H37N3O4S. The molecule has 0 saturated carbocycles. The van der Waals surface area contributed by atoms with Gasteiger partial charge in [0.05, 0.1) is 17.5 Å². The zero-order valence-corrected chi connectivity index (χ0v) is 26.4. The van der Waals surface area contributed by atoms with E-state index in [1.807, 2.05) is 60.7 Å². The summed E-state index contributed by atoms with van der Waals surface area (Å²) in [6.07, 6.45) is 0.768. The Balaban J connectivity index is 1.06. The van der Waals surface area contributed by atoms with Crippen LogP contribution in [0.1, 0.15) is 33.1 Å². The molecule has 0 atom stereocenters. The summed E-state index contributed by atoms with van der Waals surface area (Å²) in [5.41, 5.74) is 4.52. The minimum absolute atomic E-state index is 0.0525. The second-order valence-electron chi connectivity index (χ2n) is 11.3. The lowest BCUT2D eigenvalue weighted by Gasteiger charge is -2.39. The Morgan fingerprint density at radius 2 is 1.28 bits per heavy atom. The fourth-order valence-electron chi connectivity index (χ4n) is 5.81. The van der Waals surface area contributed by atoms with Crippen LogP contribution in [0.25, 0.3) is 0 Å². The molecule has 5 aromatic rings. The third-order valence-corrected chi connectivity index (χ3v) is 10.1. The summed E-state index contributed by atoms with van der Waals surface area (Å²) in [4.78, 5) is 15.5. The Morgan fingerprint density at radius 3 is 1.89 bits per heavy atom. The number of nitrogens with zero attached hydrogens (tertiary/aromatic N) is 2. The topological polar surface area (TPSA) is 79.0 Å². The van der Waals surface area contributed by atoms with Gasteiger partial charge in [0.2, 0.25) is 10.0 Å². The van der Waals surface area contributed by atoms with Crippen molar-refractivity contribution in [1.82, 2.24) is 9.21 Å². The van der Waals surface area contributed by atoms with E-state index >= 15 is 0 Å². The molecule has 1 aliphatic rings. The quantitative estimate of drug-likeness (QED) is 0.177. The fraction of sp³-hybridized carbons (Fsp3) is 0.184. The largest absolute Gasteiger partial charge is 0.493 e. The predicted octanol–water partition coefficient (Wildman–Crippen LogP) is 6.66. The van der Waals surface area contributed by atoms with Crippen molar-refractivity contribution in [1.29, 1.82) is 0 Å². The van der Waals surface area contributed by atoms with E-state index < -0.39 is 10.0 Å². The van der Waals surface area contributed by atoms with Crippen molar-refractivity contribution in [3.8, 4) is 5.75 Å². The first kappa shape index (κ1) is 31.2. The molecule has 1 saturated heterocycles. The lowest BCUT2D eigenvalue weighted by molar-refractivity contribution is 0.102. The second-order valence-corrected chi connectivity index (χ2v) is 13.2. The van der Waals surface area contributed by atoms with Crippen LogP contribution in [-0.2, 0) is 16.4 Å². The van der Waals surface area contributed by atoms with E-state index in [0.717, 1.165) is 6.42 Å². The minimum Gasteiger partial charge on any atom is -0.493 e. The average molecular weight is 632 g/mol. The number of rotatable bonds is 11. The first-order valence-electron chi connectivity index (χ1n) is 15.5. The SMILES string of the molecule is O=C(Nc1ccc(S(=O)(=O)N2CCN(C(c3ccccc3)c3ccccc3)CC2)cc1)c1cccc(OCCc2ccccc2)c1. The van der Waals surface area contributed by atoms with Crippen LogP contribution < -0.4 is 10.1 Å². The number of ether oxygens (including phenoxy) is 1. The van der Waals surface area contributed by atoms with Gasteiger partial charge in [-0.1, -0.05) is 97.1 Å². The van der Waals surface area contributed by atoms with Crippen molar-refractivity contribution in [3.05, 3.63) is 162 Å². The summed E-state index contributed by atoms with van der Waals surface area (Å²) >= 11 is 0. The van der Waals surface area contributed by atoms with Gasteiger partial charge in [-0.05, 0) is 59.2 Å². The number of nitrogens with one attached hydrogen (secondary N) is 1. The van der Waals surface area contributed by atoms with E-state index in [0.29, 0.717) is 49.8 Å². The Kier molecular flexibility index (Phi) is 9.88. The van der Waals surface area contributed by atoms with E-state index in [4.69, 9.17) is 4.74 Å². The Hall–Kier alpha value is -4.76. The van der Waals surface area contributed by atoms with Crippen LogP contribution in [-0.4, -0.2) is 56.3 Å². The number of hydrogen-bond donors (Lipinski definition) is 1. The minimum atomic E-state index is -3.70. The number of anilines is 1. The van der Waals surface area contributed by atoms with Crippen molar-refractivity contribution >= 4 is 21.6 Å². The highest BCUT2D eigenvalue weighted by atomic mass is 32.2. The molecule has 5 aromatic carbocycles. The van der Waals surface area contributed by atoms with E-state index in [-0.39, 0.29) is 16.8 Å². The molecule has 1 amide bonds. The van der Waals surface area contributed by atoms with Gasteiger partial charge in [-0.25, -0.2) is 8.42 Å². The molecule has 1 N–H and O–H groups in total. The first-order valence-corrected chi connectivity index (χ1v) is 16.9. The molecule has 234 valence electrons. The number of benzene rings is 5. The highest BCUT2D eigenvalue weighted by Crippen LogP contribution is 2.30. The standard InChI is InChI=1S/C38H37N3O4S/c42-38(33-17-10-18-35(29-33)45-28-23-30-11-4-1-5-12-30)39-34-19-21-36(22-20-34)46(43,44)41-26-24-40(25-27-41)37(31-13-6-2-7-14-31)32-15-8-3-9-16-32/h1-22,29,37H,23-28H2,(H,39,42). The Labute approximate surface area is 271 Å².